The van der Waals surface area contributed by atoms with Crippen molar-refractivity contribution in [1.29, 1.82) is 0 Å². The highest BCUT2D eigenvalue weighted by Crippen LogP contribution is 2.25. The molecule has 0 amide bonds. The van der Waals surface area contributed by atoms with Gasteiger partial charge in [0.05, 0.1) is 0 Å². The maximum Gasteiger partial charge on any atom is 0.153 e. The largest absolute Gasteiger partial charge is 0.368 e. The van der Waals surface area contributed by atoms with E-state index in [4.69, 9.17) is 11.5 Å². The van der Waals surface area contributed by atoms with Gasteiger partial charge in [0.1, 0.15) is 0 Å². The Morgan fingerprint density at radius 1 is 0.429 bits per heavy atom. The lowest BCUT2D eigenvalue weighted by atomic mass is 9.80. The summed E-state index contributed by atoms with van der Waals surface area (Å²) >= 11 is 0. The van der Waals surface area contributed by atoms with E-state index in [2.05, 4.69) is 13.8 Å². The molecule has 0 aromatic heterocycles. The topological polar surface area (TPSA) is 92.5 Å². The number of hydrogen-bond acceptors (Lipinski definition) is 4. The number of rotatable bonds is 35. The van der Waals surface area contributed by atoms with E-state index in [1.54, 1.807) is 0 Å². The summed E-state index contributed by atoms with van der Waals surface area (Å²) in [5.41, 5.74) is 12.6. The van der Waals surface area contributed by atoms with Crippen molar-refractivity contribution in [2.75, 3.05) is 0 Å². The SMILES string of the molecule is CCCCCCCCCCCCCCCCCC(N)C(N)(CCCCCCCCCCCCCCCCC)CC(O)O. The third kappa shape index (κ3) is 28.6. The van der Waals surface area contributed by atoms with Crippen molar-refractivity contribution in [3.63, 3.8) is 0 Å². The van der Waals surface area contributed by atoms with E-state index in [9.17, 15) is 10.2 Å². The van der Waals surface area contributed by atoms with Crippen LogP contribution in [0.1, 0.15) is 226 Å². The molecule has 0 fully saturated rings. The Kier molecular flexibility index (Phi) is 32.1. The Morgan fingerprint density at radius 2 is 0.690 bits per heavy atom. The van der Waals surface area contributed by atoms with E-state index < -0.39 is 11.8 Å². The summed E-state index contributed by atoms with van der Waals surface area (Å²) in [4.78, 5) is 0. The highest BCUT2D eigenvalue weighted by Gasteiger charge is 2.33. The fraction of sp³-hybridized carbons (Fsp3) is 1.00. The Hall–Kier alpha value is -0.160. The van der Waals surface area contributed by atoms with Crippen molar-refractivity contribution in [2.45, 2.75) is 244 Å². The summed E-state index contributed by atoms with van der Waals surface area (Å²) in [6.45, 7) is 4.57. The van der Waals surface area contributed by atoms with Crippen LogP contribution in [0.4, 0.5) is 0 Å². The van der Waals surface area contributed by atoms with Crippen LogP contribution in [0.3, 0.4) is 0 Å². The standard InChI is InChI=1S/C38H80N2O2/c1-3-5-7-9-11-13-15-17-19-21-23-25-27-29-31-33-36(39)38(40,35-37(41)42)34-32-30-28-26-24-22-20-18-16-14-12-10-8-6-4-2/h36-37,41-42H,3-35,39-40H2,1-2H3. The van der Waals surface area contributed by atoms with Crippen LogP contribution in [0.5, 0.6) is 0 Å². The fourth-order valence-corrected chi connectivity index (χ4v) is 6.63. The van der Waals surface area contributed by atoms with Crippen LogP contribution in [0, 0.1) is 0 Å². The molecular weight excluding hydrogens is 516 g/mol. The van der Waals surface area contributed by atoms with Crippen LogP contribution in [-0.2, 0) is 0 Å². The minimum atomic E-state index is -1.38. The van der Waals surface area contributed by atoms with E-state index in [0.29, 0.717) is 0 Å². The van der Waals surface area contributed by atoms with Crippen molar-refractivity contribution in [2.24, 2.45) is 11.5 Å². The number of hydrogen-bond donors (Lipinski definition) is 4. The number of nitrogens with two attached hydrogens (primary N) is 2. The van der Waals surface area contributed by atoms with E-state index in [1.807, 2.05) is 0 Å². The average Bonchev–Trinajstić information content (AvgIpc) is 2.96. The highest BCUT2D eigenvalue weighted by molar-refractivity contribution is 4.94. The van der Waals surface area contributed by atoms with Crippen LogP contribution < -0.4 is 11.5 Å². The first kappa shape index (κ1) is 41.8. The molecule has 0 saturated heterocycles. The molecule has 6 N–H and O–H groups in total. The molecule has 2 unspecified atom stereocenters. The Balaban J connectivity index is 3.75. The number of aliphatic hydroxyl groups is 2. The van der Waals surface area contributed by atoms with Gasteiger partial charge >= 0.3 is 0 Å². The number of aliphatic hydroxyl groups excluding tert-OH is 1. The zero-order valence-corrected chi connectivity index (χ0v) is 29.0. The third-order valence-electron chi connectivity index (χ3n) is 9.67. The molecule has 4 heteroatoms. The molecule has 254 valence electrons. The second kappa shape index (κ2) is 32.2. The van der Waals surface area contributed by atoms with Gasteiger partial charge in [-0.3, -0.25) is 0 Å². The molecule has 42 heavy (non-hydrogen) atoms. The molecule has 0 aliphatic rings. The first-order valence-corrected chi connectivity index (χ1v) is 19.4. The Labute approximate surface area is 265 Å². The van der Waals surface area contributed by atoms with Gasteiger partial charge in [-0.1, -0.05) is 206 Å². The van der Waals surface area contributed by atoms with Crippen molar-refractivity contribution in [1.82, 2.24) is 0 Å². The molecule has 0 aromatic carbocycles. The van der Waals surface area contributed by atoms with Crippen LogP contribution in [0.15, 0.2) is 0 Å². The average molecular weight is 597 g/mol. The maximum absolute atomic E-state index is 9.69. The lowest BCUT2D eigenvalue weighted by Gasteiger charge is -2.36. The Bertz CT molecular complexity index is 515. The minimum absolute atomic E-state index is 0.159. The van der Waals surface area contributed by atoms with Crippen molar-refractivity contribution < 1.29 is 10.2 Å². The fourth-order valence-electron chi connectivity index (χ4n) is 6.63. The summed E-state index contributed by atoms with van der Waals surface area (Å²) < 4.78 is 0. The smallest absolute Gasteiger partial charge is 0.153 e. The van der Waals surface area contributed by atoms with Crippen molar-refractivity contribution >= 4 is 0 Å². The molecule has 0 spiro atoms. The van der Waals surface area contributed by atoms with E-state index in [-0.39, 0.29) is 12.5 Å². The van der Waals surface area contributed by atoms with Gasteiger partial charge in [-0.2, -0.15) is 0 Å². The Morgan fingerprint density at radius 3 is 0.976 bits per heavy atom. The second-order valence-electron chi connectivity index (χ2n) is 14.0. The van der Waals surface area contributed by atoms with Gasteiger partial charge in [0.2, 0.25) is 0 Å². The summed E-state index contributed by atoms with van der Waals surface area (Å²) in [5.74, 6) is 0. The van der Waals surface area contributed by atoms with Gasteiger partial charge in [-0.15, -0.1) is 0 Å². The summed E-state index contributed by atoms with van der Waals surface area (Å²) in [6, 6.07) is -0.159. The van der Waals surface area contributed by atoms with Crippen LogP contribution >= 0.6 is 0 Å². The zero-order valence-electron chi connectivity index (χ0n) is 29.0. The molecule has 0 aliphatic carbocycles. The van der Waals surface area contributed by atoms with E-state index in [0.717, 1.165) is 25.7 Å². The first-order valence-electron chi connectivity index (χ1n) is 19.4. The van der Waals surface area contributed by atoms with Gasteiger partial charge in [0, 0.05) is 18.0 Å². The molecular formula is C38H80N2O2. The van der Waals surface area contributed by atoms with E-state index in [1.165, 1.54) is 180 Å². The maximum atomic E-state index is 9.69. The molecule has 0 aromatic rings. The normalized spacial score (nSPS) is 14.1. The monoisotopic (exact) mass is 597 g/mol. The lowest BCUT2D eigenvalue weighted by Crippen LogP contribution is -2.57. The van der Waals surface area contributed by atoms with Gasteiger partial charge in [-0.25, -0.2) is 0 Å². The van der Waals surface area contributed by atoms with Crippen LogP contribution in [0.25, 0.3) is 0 Å². The molecule has 0 rings (SSSR count). The minimum Gasteiger partial charge on any atom is -0.368 e. The third-order valence-corrected chi connectivity index (χ3v) is 9.67. The zero-order chi connectivity index (χ0) is 31.0. The van der Waals surface area contributed by atoms with Crippen LogP contribution in [0.2, 0.25) is 0 Å². The molecule has 4 nitrogen and oxygen atoms in total. The van der Waals surface area contributed by atoms with Gasteiger partial charge < -0.3 is 21.7 Å². The highest BCUT2D eigenvalue weighted by atomic mass is 16.5. The van der Waals surface area contributed by atoms with Gasteiger partial charge in [0.15, 0.2) is 6.29 Å². The molecule has 0 bridgehead atoms. The lowest BCUT2D eigenvalue weighted by molar-refractivity contribution is -0.0637. The molecule has 0 heterocycles. The van der Waals surface area contributed by atoms with Gasteiger partial charge in [0.25, 0.3) is 0 Å². The van der Waals surface area contributed by atoms with Crippen molar-refractivity contribution in [3.05, 3.63) is 0 Å². The second-order valence-corrected chi connectivity index (χ2v) is 14.0. The quantitative estimate of drug-likeness (QED) is 0.0432. The number of unbranched alkanes of at least 4 members (excludes halogenated alkanes) is 28. The van der Waals surface area contributed by atoms with Gasteiger partial charge in [-0.05, 0) is 12.8 Å². The van der Waals surface area contributed by atoms with E-state index >= 15 is 0 Å². The molecule has 0 aliphatic heterocycles. The van der Waals surface area contributed by atoms with Crippen LogP contribution in [-0.4, -0.2) is 28.1 Å². The van der Waals surface area contributed by atoms with Crippen molar-refractivity contribution in [3.8, 4) is 0 Å². The predicted molar refractivity (Wildman–Crippen MR) is 187 cm³/mol. The predicted octanol–water partition coefficient (Wildman–Crippen LogP) is 11.2. The molecule has 2 atom stereocenters. The summed E-state index contributed by atoms with van der Waals surface area (Å²) in [6.07, 6.45) is 41.0. The molecule has 0 saturated carbocycles. The summed E-state index contributed by atoms with van der Waals surface area (Å²) in [5, 5.41) is 19.4. The summed E-state index contributed by atoms with van der Waals surface area (Å²) in [7, 11) is 0. The first-order chi connectivity index (χ1) is 20.5. The molecule has 0 radical (unpaired) electrons.